The van der Waals surface area contributed by atoms with E-state index in [2.05, 4.69) is 15.9 Å². The Morgan fingerprint density at radius 3 is 3.00 bits per heavy atom. The van der Waals surface area contributed by atoms with Crippen LogP contribution >= 0.6 is 15.9 Å². The van der Waals surface area contributed by atoms with Gasteiger partial charge in [-0.1, -0.05) is 15.9 Å². The van der Waals surface area contributed by atoms with Crippen molar-refractivity contribution >= 4 is 27.5 Å². The third-order valence-electron chi connectivity index (χ3n) is 3.48. The third-order valence-corrected chi connectivity index (χ3v) is 4.04. The van der Waals surface area contributed by atoms with E-state index < -0.39 is 0 Å². The molecule has 1 aliphatic rings. The standard InChI is InChI=1S/C15H20BrNO2/c1-19-13-7-8-14-12(11-13)5-4-10-17(14)15(18)6-2-3-9-16/h7-8,11H,2-6,9-10H2,1H3. The summed E-state index contributed by atoms with van der Waals surface area (Å²) >= 11 is 3.40. The minimum absolute atomic E-state index is 0.243. The van der Waals surface area contributed by atoms with Gasteiger partial charge in [0.15, 0.2) is 0 Å². The van der Waals surface area contributed by atoms with Crippen molar-refractivity contribution in [1.29, 1.82) is 0 Å². The van der Waals surface area contributed by atoms with Crippen LogP contribution in [0.2, 0.25) is 0 Å². The first-order chi connectivity index (χ1) is 9.26. The zero-order valence-electron chi connectivity index (χ0n) is 11.3. The predicted octanol–water partition coefficient (Wildman–Crippen LogP) is 3.54. The van der Waals surface area contributed by atoms with Crippen LogP contribution in [0, 0.1) is 0 Å². The fraction of sp³-hybridized carbons (Fsp3) is 0.533. The second-order valence-electron chi connectivity index (χ2n) is 4.79. The van der Waals surface area contributed by atoms with E-state index in [0.717, 1.165) is 49.0 Å². The maximum atomic E-state index is 12.3. The number of aryl methyl sites for hydroxylation is 1. The summed E-state index contributed by atoms with van der Waals surface area (Å²) in [6.07, 6.45) is 4.69. The van der Waals surface area contributed by atoms with Crippen LogP contribution in [0.25, 0.3) is 0 Å². The Balaban J connectivity index is 2.11. The lowest BCUT2D eigenvalue weighted by Crippen LogP contribution is -2.35. The van der Waals surface area contributed by atoms with Crippen LogP contribution in [-0.2, 0) is 11.2 Å². The monoisotopic (exact) mass is 325 g/mol. The Labute approximate surface area is 123 Å². The Morgan fingerprint density at radius 1 is 1.42 bits per heavy atom. The van der Waals surface area contributed by atoms with Gasteiger partial charge in [-0.2, -0.15) is 0 Å². The number of amides is 1. The maximum Gasteiger partial charge on any atom is 0.226 e. The SMILES string of the molecule is COc1ccc2c(c1)CCCN2C(=O)CCCCBr. The molecule has 1 amide bonds. The number of methoxy groups -OCH3 is 1. The van der Waals surface area contributed by atoms with Gasteiger partial charge in [-0.25, -0.2) is 0 Å². The molecule has 0 aromatic heterocycles. The minimum atomic E-state index is 0.243. The molecule has 0 unspecified atom stereocenters. The number of ether oxygens (including phenoxy) is 1. The first-order valence-electron chi connectivity index (χ1n) is 6.79. The number of unbranched alkanes of at least 4 members (excludes halogenated alkanes) is 1. The lowest BCUT2D eigenvalue weighted by Gasteiger charge is -2.30. The van der Waals surface area contributed by atoms with E-state index in [1.807, 2.05) is 23.1 Å². The van der Waals surface area contributed by atoms with Gasteiger partial charge in [-0.15, -0.1) is 0 Å². The van der Waals surface area contributed by atoms with Gasteiger partial charge in [0.1, 0.15) is 5.75 Å². The Hall–Kier alpha value is -1.03. The van der Waals surface area contributed by atoms with Crippen LogP contribution in [0.1, 0.15) is 31.2 Å². The topological polar surface area (TPSA) is 29.5 Å². The van der Waals surface area contributed by atoms with Crippen LogP contribution in [-0.4, -0.2) is 24.9 Å². The van der Waals surface area contributed by atoms with Crippen molar-refractivity contribution in [3.8, 4) is 5.75 Å². The van der Waals surface area contributed by atoms with Crippen molar-refractivity contribution in [3.05, 3.63) is 23.8 Å². The summed E-state index contributed by atoms with van der Waals surface area (Å²) in [6.45, 7) is 0.840. The maximum absolute atomic E-state index is 12.3. The molecule has 0 bridgehead atoms. The van der Waals surface area contributed by atoms with E-state index in [0.29, 0.717) is 6.42 Å². The molecule has 1 aromatic carbocycles. The first kappa shape index (κ1) is 14.4. The average molecular weight is 326 g/mol. The Kier molecular flexibility index (Phi) is 5.25. The lowest BCUT2D eigenvalue weighted by atomic mass is 10.0. The number of alkyl halides is 1. The van der Waals surface area contributed by atoms with Gasteiger partial charge in [0, 0.05) is 24.0 Å². The van der Waals surface area contributed by atoms with Gasteiger partial charge in [-0.05, 0) is 49.4 Å². The van der Waals surface area contributed by atoms with E-state index in [9.17, 15) is 4.79 Å². The van der Waals surface area contributed by atoms with Crippen LogP contribution in [0.3, 0.4) is 0 Å². The van der Waals surface area contributed by atoms with Crippen LogP contribution < -0.4 is 9.64 Å². The number of nitrogens with zero attached hydrogens (tertiary/aromatic N) is 1. The minimum Gasteiger partial charge on any atom is -0.497 e. The first-order valence-corrected chi connectivity index (χ1v) is 7.91. The van der Waals surface area contributed by atoms with E-state index in [4.69, 9.17) is 4.74 Å². The number of benzene rings is 1. The second-order valence-corrected chi connectivity index (χ2v) is 5.58. The molecule has 0 fully saturated rings. The van der Waals surface area contributed by atoms with Crippen molar-refractivity contribution in [2.75, 3.05) is 23.9 Å². The number of anilines is 1. The van der Waals surface area contributed by atoms with Crippen molar-refractivity contribution in [2.45, 2.75) is 32.1 Å². The van der Waals surface area contributed by atoms with Gasteiger partial charge in [0.2, 0.25) is 5.91 Å². The lowest BCUT2D eigenvalue weighted by molar-refractivity contribution is -0.118. The molecule has 0 spiro atoms. The number of hydrogen-bond donors (Lipinski definition) is 0. The predicted molar refractivity (Wildman–Crippen MR) is 81.3 cm³/mol. The summed E-state index contributed by atoms with van der Waals surface area (Å²) in [5.41, 5.74) is 2.29. The summed E-state index contributed by atoms with van der Waals surface area (Å²) in [6, 6.07) is 5.99. The molecular formula is C15H20BrNO2. The van der Waals surface area contributed by atoms with E-state index in [-0.39, 0.29) is 5.91 Å². The summed E-state index contributed by atoms with van der Waals surface area (Å²) in [7, 11) is 1.67. The van der Waals surface area contributed by atoms with Gasteiger partial charge in [-0.3, -0.25) is 4.79 Å². The summed E-state index contributed by atoms with van der Waals surface area (Å²) < 4.78 is 5.25. The number of carbonyl (C=O) groups is 1. The molecule has 4 heteroatoms. The largest absolute Gasteiger partial charge is 0.497 e. The van der Waals surface area contributed by atoms with Crippen LogP contribution in [0.4, 0.5) is 5.69 Å². The van der Waals surface area contributed by atoms with Crippen molar-refractivity contribution in [3.63, 3.8) is 0 Å². The molecule has 19 heavy (non-hydrogen) atoms. The third kappa shape index (κ3) is 3.50. The van der Waals surface area contributed by atoms with Crippen LogP contribution in [0.15, 0.2) is 18.2 Å². The van der Waals surface area contributed by atoms with E-state index in [1.54, 1.807) is 7.11 Å². The highest BCUT2D eigenvalue weighted by Crippen LogP contribution is 2.31. The molecule has 0 saturated heterocycles. The van der Waals surface area contributed by atoms with Crippen LogP contribution in [0.5, 0.6) is 5.75 Å². The highest BCUT2D eigenvalue weighted by atomic mass is 79.9. The fourth-order valence-corrected chi connectivity index (χ4v) is 2.86. The van der Waals surface area contributed by atoms with Gasteiger partial charge in [0.25, 0.3) is 0 Å². The van der Waals surface area contributed by atoms with Gasteiger partial charge in [0.05, 0.1) is 7.11 Å². The summed E-state index contributed by atoms with van der Waals surface area (Å²) in [5.74, 6) is 1.11. The van der Waals surface area contributed by atoms with Crippen molar-refractivity contribution in [1.82, 2.24) is 0 Å². The number of carbonyl (C=O) groups excluding carboxylic acids is 1. The fourth-order valence-electron chi connectivity index (χ4n) is 2.47. The summed E-state index contributed by atoms with van der Waals surface area (Å²) in [5, 5.41) is 0.966. The van der Waals surface area contributed by atoms with Crippen molar-refractivity contribution < 1.29 is 9.53 Å². The molecular weight excluding hydrogens is 306 g/mol. The molecule has 0 saturated carbocycles. The average Bonchev–Trinajstić information content (AvgIpc) is 2.46. The number of halogens is 1. The number of fused-ring (bicyclic) bond motifs is 1. The zero-order valence-corrected chi connectivity index (χ0v) is 12.9. The molecule has 2 rings (SSSR count). The molecule has 104 valence electrons. The molecule has 0 aliphatic carbocycles. The second kappa shape index (κ2) is 6.94. The van der Waals surface area contributed by atoms with E-state index >= 15 is 0 Å². The molecule has 1 aromatic rings. The molecule has 3 nitrogen and oxygen atoms in total. The quantitative estimate of drug-likeness (QED) is 0.612. The molecule has 1 aliphatic heterocycles. The number of rotatable bonds is 5. The van der Waals surface area contributed by atoms with Crippen molar-refractivity contribution in [2.24, 2.45) is 0 Å². The smallest absolute Gasteiger partial charge is 0.226 e. The summed E-state index contributed by atoms with van der Waals surface area (Å²) in [4.78, 5) is 14.2. The molecule has 0 radical (unpaired) electrons. The Bertz CT molecular complexity index is 448. The Morgan fingerprint density at radius 2 is 2.26 bits per heavy atom. The zero-order chi connectivity index (χ0) is 13.7. The normalized spacial score (nSPS) is 14.1. The van der Waals surface area contributed by atoms with Gasteiger partial charge >= 0.3 is 0 Å². The van der Waals surface area contributed by atoms with E-state index in [1.165, 1.54) is 5.56 Å². The van der Waals surface area contributed by atoms with Gasteiger partial charge < -0.3 is 9.64 Å². The molecule has 0 atom stereocenters. The number of hydrogen-bond acceptors (Lipinski definition) is 2. The highest BCUT2D eigenvalue weighted by Gasteiger charge is 2.22. The molecule has 0 N–H and O–H groups in total. The molecule has 1 heterocycles. The highest BCUT2D eigenvalue weighted by molar-refractivity contribution is 9.09.